The highest BCUT2D eigenvalue weighted by Gasteiger charge is 2.29. The molecule has 2 atom stereocenters. The highest BCUT2D eigenvalue weighted by molar-refractivity contribution is 8.00. The van der Waals surface area contributed by atoms with Crippen LogP contribution in [-0.4, -0.2) is 29.5 Å². The molecule has 0 aromatic rings. The number of rotatable bonds is 9. The zero-order valence-electron chi connectivity index (χ0n) is 12.5. The van der Waals surface area contributed by atoms with Gasteiger partial charge >= 0.3 is 0 Å². The van der Waals surface area contributed by atoms with Gasteiger partial charge in [-0.3, -0.25) is 4.79 Å². The SMILES string of the molecule is CCCC(CCN)CCC(=O)NCC1(C)CCCS1. The predicted octanol–water partition coefficient (Wildman–Crippen LogP) is 2.93. The fourth-order valence-electron chi connectivity index (χ4n) is 2.76. The number of hydrogen-bond acceptors (Lipinski definition) is 3. The molecule has 0 aromatic heterocycles. The summed E-state index contributed by atoms with van der Waals surface area (Å²) in [7, 11) is 0. The molecule has 1 heterocycles. The van der Waals surface area contributed by atoms with Gasteiger partial charge in [0.15, 0.2) is 0 Å². The largest absolute Gasteiger partial charge is 0.355 e. The molecule has 0 spiro atoms. The van der Waals surface area contributed by atoms with Crippen LogP contribution in [0.25, 0.3) is 0 Å². The highest BCUT2D eigenvalue weighted by Crippen LogP contribution is 2.36. The quantitative estimate of drug-likeness (QED) is 0.685. The molecular formula is C15H30N2OS. The summed E-state index contributed by atoms with van der Waals surface area (Å²) in [5.74, 6) is 2.07. The molecule has 1 rings (SSSR count). The molecule has 1 aliphatic rings. The topological polar surface area (TPSA) is 55.1 Å². The van der Waals surface area contributed by atoms with Gasteiger partial charge in [-0.05, 0) is 50.8 Å². The average Bonchev–Trinajstić information content (AvgIpc) is 2.82. The van der Waals surface area contributed by atoms with Gasteiger partial charge in [0, 0.05) is 17.7 Å². The second kappa shape index (κ2) is 8.85. The molecule has 0 aromatic carbocycles. The van der Waals surface area contributed by atoms with Crippen LogP contribution >= 0.6 is 11.8 Å². The Morgan fingerprint density at radius 1 is 1.42 bits per heavy atom. The minimum atomic E-state index is 0.215. The Kier molecular flexibility index (Phi) is 7.84. The summed E-state index contributed by atoms with van der Waals surface area (Å²) < 4.78 is 0.274. The third-order valence-electron chi connectivity index (χ3n) is 4.01. The first-order chi connectivity index (χ1) is 9.09. The van der Waals surface area contributed by atoms with Crippen molar-refractivity contribution in [2.45, 2.75) is 63.5 Å². The molecule has 112 valence electrons. The lowest BCUT2D eigenvalue weighted by Crippen LogP contribution is -2.36. The van der Waals surface area contributed by atoms with Crippen molar-refractivity contribution >= 4 is 17.7 Å². The maximum absolute atomic E-state index is 11.9. The van der Waals surface area contributed by atoms with Gasteiger partial charge in [0.05, 0.1) is 0 Å². The normalized spacial score (nSPS) is 24.4. The molecule has 2 unspecified atom stereocenters. The third-order valence-corrected chi connectivity index (χ3v) is 5.55. The van der Waals surface area contributed by atoms with E-state index in [4.69, 9.17) is 5.73 Å². The summed E-state index contributed by atoms with van der Waals surface area (Å²) in [5, 5.41) is 3.11. The van der Waals surface area contributed by atoms with E-state index in [1.807, 2.05) is 11.8 Å². The maximum Gasteiger partial charge on any atom is 0.220 e. The lowest BCUT2D eigenvalue weighted by Gasteiger charge is -2.23. The van der Waals surface area contributed by atoms with E-state index in [-0.39, 0.29) is 10.7 Å². The molecule has 1 fully saturated rings. The third kappa shape index (κ3) is 6.66. The fourth-order valence-corrected chi connectivity index (χ4v) is 4.01. The van der Waals surface area contributed by atoms with Gasteiger partial charge in [-0.25, -0.2) is 0 Å². The van der Waals surface area contributed by atoms with E-state index < -0.39 is 0 Å². The minimum Gasteiger partial charge on any atom is -0.355 e. The summed E-state index contributed by atoms with van der Waals surface area (Å²) in [5.41, 5.74) is 5.62. The van der Waals surface area contributed by atoms with E-state index in [0.29, 0.717) is 12.3 Å². The van der Waals surface area contributed by atoms with Gasteiger partial charge < -0.3 is 11.1 Å². The summed E-state index contributed by atoms with van der Waals surface area (Å²) in [6.07, 6.45) is 7.58. The van der Waals surface area contributed by atoms with Crippen molar-refractivity contribution in [1.82, 2.24) is 5.32 Å². The number of carbonyl (C=O) groups is 1. The van der Waals surface area contributed by atoms with Crippen molar-refractivity contribution in [3.05, 3.63) is 0 Å². The van der Waals surface area contributed by atoms with E-state index in [1.165, 1.54) is 31.4 Å². The van der Waals surface area contributed by atoms with Crippen molar-refractivity contribution in [2.24, 2.45) is 11.7 Å². The van der Waals surface area contributed by atoms with E-state index >= 15 is 0 Å². The van der Waals surface area contributed by atoms with Gasteiger partial charge in [0.25, 0.3) is 0 Å². The average molecular weight is 286 g/mol. The smallest absolute Gasteiger partial charge is 0.220 e. The predicted molar refractivity (Wildman–Crippen MR) is 84.4 cm³/mol. The number of carbonyl (C=O) groups excluding carboxylic acids is 1. The molecule has 1 amide bonds. The van der Waals surface area contributed by atoms with Gasteiger partial charge in [-0.15, -0.1) is 0 Å². The van der Waals surface area contributed by atoms with E-state index in [0.717, 1.165) is 25.9 Å². The molecule has 3 N–H and O–H groups in total. The lowest BCUT2D eigenvalue weighted by molar-refractivity contribution is -0.121. The van der Waals surface area contributed by atoms with Crippen LogP contribution < -0.4 is 11.1 Å². The molecule has 1 saturated heterocycles. The molecule has 1 aliphatic heterocycles. The first kappa shape index (κ1) is 16.8. The number of nitrogens with two attached hydrogens (primary N) is 1. The Labute approximate surface area is 122 Å². The van der Waals surface area contributed by atoms with Crippen LogP contribution in [0.15, 0.2) is 0 Å². The van der Waals surface area contributed by atoms with Gasteiger partial charge in [0.1, 0.15) is 0 Å². The van der Waals surface area contributed by atoms with Crippen LogP contribution in [0.2, 0.25) is 0 Å². The molecule has 3 nitrogen and oxygen atoms in total. The van der Waals surface area contributed by atoms with Gasteiger partial charge in [-0.2, -0.15) is 11.8 Å². The van der Waals surface area contributed by atoms with Crippen LogP contribution in [0.5, 0.6) is 0 Å². The minimum absolute atomic E-state index is 0.215. The van der Waals surface area contributed by atoms with Crippen molar-refractivity contribution in [1.29, 1.82) is 0 Å². The lowest BCUT2D eigenvalue weighted by atomic mass is 9.94. The Hall–Kier alpha value is -0.220. The summed E-state index contributed by atoms with van der Waals surface area (Å²) >= 11 is 2.00. The Bertz CT molecular complexity index is 259. The summed E-state index contributed by atoms with van der Waals surface area (Å²) in [4.78, 5) is 11.9. The monoisotopic (exact) mass is 286 g/mol. The van der Waals surface area contributed by atoms with Crippen molar-refractivity contribution in [2.75, 3.05) is 18.8 Å². The Morgan fingerprint density at radius 2 is 2.21 bits per heavy atom. The summed E-state index contributed by atoms with van der Waals surface area (Å²) in [6.45, 7) is 6.02. The number of nitrogens with one attached hydrogen (secondary N) is 1. The molecule has 0 saturated carbocycles. The van der Waals surface area contributed by atoms with Gasteiger partial charge in [-0.1, -0.05) is 19.8 Å². The van der Waals surface area contributed by atoms with Crippen LogP contribution in [0.3, 0.4) is 0 Å². The second-order valence-electron chi connectivity index (χ2n) is 5.95. The van der Waals surface area contributed by atoms with Crippen molar-refractivity contribution in [3.8, 4) is 0 Å². The van der Waals surface area contributed by atoms with Crippen molar-refractivity contribution < 1.29 is 4.79 Å². The van der Waals surface area contributed by atoms with Crippen LogP contribution in [0, 0.1) is 5.92 Å². The number of hydrogen-bond donors (Lipinski definition) is 2. The Morgan fingerprint density at radius 3 is 2.79 bits per heavy atom. The molecule has 0 aliphatic carbocycles. The fraction of sp³-hybridized carbons (Fsp3) is 0.933. The van der Waals surface area contributed by atoms with E-state index in [9.17, 15) is 4.79 Å². The van der Waals surface area contributed by atoms with Crippen molar-refractivity contribution in [3.63, 3.8) is 0 Å². The molecular weight excluding hydrogens is 256 g/mol. The standard InChI is InChI=1S/C15H30N2OS/c1-3-5-13(8-10-16)6-7-14(18)17-12-15(2)9-4-11-19-15/h13H,3-12,16H2,1-2H3,(H,17,18). The van der Waals surface area contributed by atoms with E-state index in [1.54, 1.807) is 0 Å². The van der Waals surface area contributed by atoms with Crippen LogP contribution in [-0.2, 0) is 4.79 Å². The van der Waals surface area contributed by atoms with Crippen LogP contribution in [0.1, 0.15) is 58.8 Å². The zero-order chi connectivity index (χ0) is 14.1. The Balaban J connectivity index is 2.19. The first-order valence-corrected chi connectivity index (χ1v) is 8.69. The second-order valence-corrected chi connectivity index (χ2v) is 7.63. The number of amides is 1. The number of thioether (sulfide) groups is 1. The molecule has 4 heteroatoms. The van der Waals surface area contributed by atoms with E-state index in [2.05, 4.69) is 19.2 Å². The summed E-state index contributed by atoms with van der Waals surface area (Å²) in [6, 6.07) is 0. The zero-order valence-corrected chi connectivity index (χ0v) is 13.4. The molecule has 0 bridgehead atoms. The van der Waals surface area contributed by atoms with Gasteiger partial charge in [0.2, 0.25) is 5.91 Å². The maximum atomic E-state index is 11.9. The first-order valence-electron chi connectivity index (χ1n) is 7.70. The highest BCUT2D eigenvalue weighted by atomic mass is 32.2. The molecule has 19 heavy (non-hydrogen) atoms. The van der Waals surface area contributed by atoms with Crippen LogP contribution in [0.4, 0.5) is 0 Å². The molecule has 0 radical (unpaired) electrons.